The van der Waals surface area contributed by atoms with Gasteiger partial charge in [0, 0.05) is 25.0 Å². The van der Waals surface area contributed by atoms with E-state index in [0.29, 0.717) is 0 Å². The van der Waals surface area contributed by atoms with Crippen molar-refractivity contribution in [2.24, 2.45) is 0 Å². The third-order valence-corrected chi connectivity index (χ3v) is 2.77. The topological polar surface area (TPSA) is 33.0 Å². The fourth-order valence-corrected chi connectivity index (χ4v) is 1.81. The summed E-state index contributed by atoms with van der Waals surface area (Å²) < 4.78 is 2.23. The first kappa shape index (κ1) is 17.8. The summed E-state index contributed by atoms with van der Waals surface area (Å²) in [6.07, 6.45) is 13.4. The highest BCUT2D eigenvalue weighted by Crippen LogP contribution is 2.06. The van der Waals surface area contributed by atoms with Crippen LogP contribution in [-0.2, 0) is 11.3 Å². The molecule has 0 spiro atoms. The Balaban J connectivity index is 0.000000982. The van der Waals surface area contributed by atoms with Gasteiger partial charge in [0.05, 0.1) is 0 Å². The van der Waals surface area contributed by atoms with Gasteiger partial charge in [-0.15, -0.1) is 0 Å². The number of hydrogen-bond donors (Lipinski definition) is 1. The Hall–Kier alpha value is -1.22. The van der Waals surface area contributed by atoms with E-state index in [9.17, 15) is 4.79 Å². The molecule has 1 aromatic heterocycles. The van der Waals surface area contributed by atoms with E-state index < -0.39 is 0 Å². The van der Waals surface area contributed by atoms with Gasteiger partial charge in [-0.3, -0.25) is 0 Å². The second kappa shape index (κ2) is 14.8. The minimum Gasteiger partial charge on any atom is -0.323 e. The third kappa shape index (κ3) is 13.0. The van der Waals surface area contributed by atoms with Crippen LogP contribution in [0.15, 0.2) is 30.6 Å². The summed E-state index contributed by atoms with van der Waals surface area (Å²) in [5.74, 6) is 0. The van der Waals surface area contributed by atoms with Gasteiger partial charge in [-0.25, -0.2) is 4.57 Å². The predicted octanol–water partition coefficient (Wildman–Crippen LogP) is 2.74. The zero-order valence-electron chi connectivity index (χ0n) is 12.5. The quantitative estimate of drug-likeness (QED) is 0.423. The van der Waals surface area contributed by atoms with Crippen LogP contribution in [0.4, 0.5) is 0 Å². The maximum atomic E-state index is 10.1. The molecular weight excluding hydrogens is 236 g/mol. The van der Waals surface area contributed by atoms with Gasteiger partial charge in [0.15, 0.2) is 12.4 Å². The number of aldehydes is 1. The monoisotopic (exact) mass is 265 g/mol. The molecule has 0 atom stereocenters. The summed E-state index contributed by atoms with van der Waals surface area (Å²) in [7, 11) is 3.75. The molecule has 0 amide bonds. The molecule has 0 aliphatic heterocycles. The Kier molecular flexibility index (Phi) is 13.9. The van der Waals surface area contributed by atoms with Crippen molar-refractivity contribution in [3.63, 3.8) is 0 Å². The summed E-state index contributed by atoms with van der Waals surface area (Å²) in [5, 5.41) is 2.75. The maximum Gasteiger partial charge on any atom is 0.168 e. The molecule has 0 fully saturated rings. The van der Waals surface area contributed by atoms with Crippen LogP contribution in [0.2, 0.25) is 0 Å². The minimum absolute atomic E-state index is 0.736. The molecule has 1 aromatic rings. The average molecular weight is 265 g/mol. The molecule has 0 radical (unpaired) electrons. The van der Waals surface area contributed by atoms with Crippen molar-refractivity contribution in [1.29, 1.82) is 0 Å². The van der Waals surface area contributed by atoms with Gasteiger partial charge in [-0.2, -0.15) is 0 Å². The predicted molar refractivity (Wildman–Crippen MR) is 80.0 cm³/mol. The third-order valence-electron chi connectivity index (χ3n) is 2.77. The average Bonchev–Trinajstić information content (AvgIpc) is 2.44. The number of unbranched alkanes of at least 4 members (excludes halogenated alkanes) is 6. The Bertz CT molecular complexity index is 288. The van der Waals surface area contributed by atoms with Crippen molar-refractivity contribution < 1.29 is 9.36 Å². The zero-order chi connectivity index (χ0) is 14.2. The SMILES string of the molecule is CNC.O=CCCCCCCCC[n+]1ccccc1. The molecule has 1 heterocycles. The van der Waals surface area contributed by atoms with E-state index in [4.69, 9.17) is 0 Å². The summed E-state index contributed by atoms with van der Waals surface area (Å²) in [6.45, 7) is 1.12. The first-order chi connectivity index (χ1) is 9.35. The fourth-order valence-electron chi connectivity index (χ4n) is 1.81. The lowest BCUT2D eigenvalue weighted by Gasteiger charge is -1.99. The van der Waals surface area contributed by atoms with Crippen LogP contribution in [0.1, 0.15) is 44.9 Å². The van der Waals surface area contributed by atoms with Crippen LogP contribution in [-0.4, -0.2) is 20.4 Å². The van der Waals surface area contributed by atoms with Gasteiger partial charge in [0.2, 0.25) is 0 Å². The molecule has 0 saturated carbocycles. The molecule has 0 saturated heterocycles. The normalized spacial score (nSPS) is 9.58. The van der Waals surface area contributed by atoms with Gasteiger partial charge >= 0.3 is 0 Å². The molecular formula is C16H29N2O+. The van der Waals surface area contributed by atoms with Crippen LogP contribution in [0, 0.1) is 0 Å². The number of rotatable bonds is 9. The Labute approximate surface area is 118 Å². The first-order valence-electron chi connectivity index (χ1n) is 7.31. The fraction of sp³-hybridized carbons (Fsp3) is 0.625. The molecule has 0 aromatic carbocycles. The molecule has 19 heavy (non-hydrogen) atoms. The molecule has 0 aliphatic carbocycles. The van der Waals surface area contributed by atoms with Crippen molar-refractivity contribution in [2.75, 3.05) is 14.1 Å². The standard InChI is InChI=1S/C14H22NO.C2H7N/c16-14-10-5-3-1-2-4-7-11-15-12-8-6-9-13-15;1-3-2/h6,8-9,12-14H,1-5,7,10-11H2;3H,1-2H3/q+1;. The van der Waals surface area contributed by atoms with Crippen LogP contribution >= 0.6 is 0 Å². The van der Waals surface area contributed by atoms with E-state index in [1.807, 2.05) is 20.2 Å². The number of hydrogen-bond acceptors (Lipinski definition) is 2. The number of nitrogens with zero attached hydrogens (tertiary/aromatic N) is 1. The van der Waals surface area contributed by atoms with Crippen molar-refractivity contribution in [2.45, 2.75) is 51.5 Å². The molecule has 3 nitrogen and oxygen atoms in total. The number of nitrogens with one attached hydrogen (secondary N) is 1. The summed E-state index contributed by atoms with van der Waals surface area (Å²) >= 11 is 0. The highest BCUT2D eigenvalue weighted by Gasteiger charge is 1.97. The van der Waals surface area contributed by atoms with Crippen LogP contribution in [0.25, 0.3) is 0 Å². The Morgan fingerprint density at radius 2 is 1.42 bits per heavy atom. The zero-order valence-corrected chi connectivity index (χ0v) is 12.5. The molecule has 3 heteroatoms. The minimum atomic E-state index is 0.736. The van der Waals surface area contributed by atoms with Crippen molar-refractivity contribution in [3.8, 4) is 0 Å². The van der Waals surface area contributed by atoms with Gasteiger partial charge in [0.1, 0.15) is 12.8 Å². The largest absolute Gasteiger partial charge is 0.323 e. The number of aryl methyl sites for hydroxylation is 1. The summed E-state index contributed by atoms with van der Waals surface area (Å²) in [6, 6.07) is 6.18. The molecule has 108 valence electrons. The van der Waals surface area contributed by atoms with Crippen LogP contribution in [0.3, 0.4) is 0 Å². The first-order valence-corrected chi connectivity index (χ1v) is 7.31. The lowest BCUT2D eigenvalue weighted by molar-refractivity contribution is -0.697. The highest BCUT2D eigenvalue weighted by atomic mass is 16.1. The Morgan fingerprint density at radius 1 is 0.895 bits per heavy atom. The van der Waals surface area contributed by atoms with Crippen molar-refractivity contribution in [1.82, 2.24) is 5.32 Å². The van der Waals surface area contributed by atoms with Crippen LogP contribution in [0.5, 0.6) is 0 Å². The number of aromatic nitrogens is 1. The smallest absolute Gasteiger partial charge is 0.168 e. The number of pyridine rings is 1. The second-order valence-electron chi connectivity index (χ2n) is 4.69. The van der Waals surface area contributed by atoms with E-state index >= 15 is 0 Å². The number of carbonyl (C=O) groups is 1. The maximum absolute atomic E-state index is 10.1. The van der Waals surface area contributed by atoms with Gasteiger partial charge in [-0.1, -0.05) is 25.3 Å². The van der Waals surface area contributed by atoms with Gasteiger partial charge < -0.3 is 10.1 Å². The van der Waals surface area contributed by atoms with E-state index in [2.05, 4.69) is 34.4 Å². The van der Waals surface area contributed by atoms with Gasteiger partial charge in [-0.05, 0) is 26.9 Å². The van der Waals surface area contributed by atoms with Crippen molar-refractivity contribution in [3.05, 3.63) is 30.6 Å². The van der Waals surface area contributed by atoms with E-state index in [-0.39, 0.29) is 0 Å². The molecule has 1 rings (SSSR count). The summed E-state index contributed by atoms with van der Waals surface area (Å²) in [4.78, 5) is 10.1. The molecule has 0 unspecified atom stereocenters. The van der Waals surface area contributed by atoms with Crippen molar-refractivity contribution >= 4 is 6.29 Å². The Morgan fingerprint density at radius 3 is 2.00 bits per heavy atom. The second-order valence-corrected chi connectivity index (χ2v) is 4.69. The summed E-state index contributed by atoms with van der Waals surface area (Å²) in [5.41, 5.74) is 0. The van der Waals surface area contributed by atoms with Gasteiger partial charge in [0.25, 0.3) is 0 Å². The van der Waals surface area contributed by atoms with Crippen LogP contribution < -0.4 is 9.88 Å². The van der Waals surface area contributed by atoms with E-state index in [1.54, 1.807) is 0 Å². The lowest BCUT2D eigenvalue weighted by atomic mass is 10.1. The molecule has 0 aliphatic rings. The molecule has 0 bridgehead atoms. The number of carbonyl (C=O) groups excluding carboxylic acids is 1. The van der Waals surface area contributed by atoms with E-state index in [1.165, 1.54) is 32.1 Å². The lowest BCUT2D eigenvalue weighted by Crippen LogP contribution is -2.32. The molecule has 1 N–H and O–H groups in total. The van der Waals surface area contributed by atoms with E-state index in [0.717, 1.165) is 25.7 Å². The highest BCUT2D eigenvalue weighted by molar-refractivity contribution is 5.48.